The van der Waals surface area contributed by atoms with Gasteiger partial charge >= 0.3 is 12.2 Å². The van der Waals surface area contributed by atoms with Gasteiger partial charge in [0.15, 0.2) is 0 Å². The summed E-state index contributed by atoms with van der Waals surface area (Å²) in [7, 11) is 0. The molecule has 8 nitrogen and oxygen atoms in total. The summed E-state index contributed by atoms with van der Waals surface area (Å²) >= 11 is 0. The molecule has 0 atom stereocenters. The summed E-state index contributed by atoms with van der Waals surface area (Å²) in [4.78, 5) is 19.9. The van der Waals surface area contributed by atoms with E-state index in [4.69, 9.17) is 10.2 Å². The quantitative estimate of drug-likeness (QED) is 0.242. The van der Waals surface area contributed by atoms with Crippen LogP contribution in [0.2, 0.25) is 0 Å². The number of nitrogens with one attached hydrogen (secondary N) is 4. The zero-order valence-corrected chi connectivity index (χ0v) is 7.54. The van der Waals surface area contributed by atoms with Crippen molar-refractivity contribution in [3.8, 4) is 0 Å². The maximum absolute atomic E-state index is 9.95. The van der Waals surface area contributed by atoms with Crippen molar-refractivity contribution in [1.82, 2.24) is 21.7 Å². The van der Waals surface area contributed by atoms with Gasteiger partial charge in [-0.05, 0) is 12.8 Å². The lowest BCUT2D eigenvalue weighted by Gasteiger charge is -2.04. The van der Waals surface area contributed by atoms with E-state index in [2.05, 4.69) is 10.9 Å². The van der Waals surface area contributed by atoms with Crippen molar-refractivity contribution in [1.29, 1.82) is 0 Å². The number of unbranched alkanes of at least 4 members (excludes halogenated alkanes) is 1. The van der Waals surface area contributed by atoms with Crippen molar-refractivity contribution < 1.29 is 19.8 Å². The Morgan fingerprint density at radius 2 is 1.21 bits per heavy atom. The predicted octanol–water partition coefficient (Wildman–Crippen LogP) is -0.689. The number of carboxylic acid groups (broad SMARTS) is 2. The van der Waals surface area contributed by atoms with E-state index >= 15 is 0 Å². The lowest BCUT2D eigenvalue weighted by molar-refractivity contribution is 0.187. The molecule has 0 aromatic heterocycles. The number of carbonyl (C=O) groups is 2. The summed E-state index contributed by atoms with van der Waals surface area (Å²) in [6.45, 7) is 1.00. The average Bonchev–Trinajstić information content (AvgIpc) is 2.08. The number of amides is 2. The predicted molar refractivity (Wildman–Crippen MR) is 47.6 cm³/mol. The fraction of sp³-hybridized carbons (Fsp3) is 0.667. The first-order valence-corrected chi connectivity index (χ1v) is 4.06. The Balaban J connectivity index is 2.99. The van der Waals surface area contributed by atoms with E-state index in [1.165, 1.54) is 0 Å². The molecule has 0 radical (unpaired) electrons. The molecule has 82 valence electrons. The summed E-state index contributed by atoms with van der Waals surface area (Å²) in [5.74, 6) is 0. The highest BCUT2D eigenvalue weighted by Crippen LogP contribution is 1.82. The molecule has 14 heavy (non-hydrogen) atoms. The van der Waals surface area contributed by atoms with E-state index in [1.807, 2.05) is 10.9 Å². The second kappa shape index (κ2) is 8.08. The number of rotatable bonds is 7. The van der Waals surface area contributed by atoms with Crippen LogP contribution in [0.4, 0.5) is 9.59 Å². The SMILES string of the molecule is O=C(O)NNCCCCNNC(=O)O. The highest BCUT2D eigenvalue weighted by Gasteiger charge is 1.93. The minimum absolute atomic E-state index is 0.501. The molecule has 0 saturated heterocycles. The Kier molecular flexibility index (Phi) is 7.19. The van der Waals surface area contributed by atoms with Gasteiger partial charge in [-0.1, -0.05) is 0 Å². The topological polar surface area (TPSA) is 123 Å². The number of hydrogen-bond donors (Lipinski definition) is 6. The minimum Gasteiger partial charge on any atom is -0.464 e. The Labute approximate surface area is 80.6 Å². The van der Waals surface area contributed by atoms with E-state index < -0.39 is 12.2 Å². The van der Waals surface area contributed by atoms with E-state index in [0.29, 0.717) is 13.1 Å². The molecule has 0 unspecified atom stereocenters. The second-order valence-corrected chi connectivity index (χ2v) is 2.42. The van der Waals surface area contributed by atoms with Crippen LogP contribution < -0.4 is 21.7 Å². The van der Waals surface area contributed by atoms with Gasteiger partial charge in [-0.3, -0.25) is 10.9 Å². The van der Waals surface area contributed by atoms with Crippen molar-refractivity contribution in [2.24, 2.45) is 0 Å². The fourth-order valence-corrected chi connectivity index (χ4v) is 0.703. The summed E-state index contributed by atoms with van der Waals surface area (Å²) in [5.41, 5.74) is 8.92. The first-order valence-electron chi connectivity index (χ1n) is 4.06. The largest absolute Gasteiger partial charge is 0.464 e. The zero-order valence-electron chi connectivity index (χ0n) is 7.54. The van der Waals surface area contributed by atoms with Gasteiger partial charge in [0.25, 0.3) is 0 Å². The van der Waals surface area contributed by atoms with Crippen LogP contribution in [0.15, 0.2) is 0 Å². The van der Waals surface area contributed by atoms with Gasteiger partial charge in [-0.25, -0.2) is 20.4 Å². The third kappa shape index (κ3) is 10.5. The van der Waals surface area contributed by atoms with Crippen LogP contribution in [0, 0.1) is 0 Å². The summed E-state index contributed by atoms with van der Waals surface area (Å²) in [5, 5.41) is 16.3. The molecule has 0 bridgehead atoms. The first kappa shape index (κ1) is 12.5. The third-order valence-electron chi connectivity index (χ3n) is 1.24. The average molecular weight is 206 g/mol. The van der Waals surface area contributed by atoms with Gasteiger partial charge in [0.1, 0.15) is 0 Å². The molecule has 0 rings (SSSR count). The molecule has 2 amide bonds. The fourth-order valence-electron chi connectivity index (χ4n) is 0.703. The van der Waals surface area contributed by atoms with Crippen LogP contribution >= 0.6 is 0 Å². The van der Waals surface area contributed by atoms with Crippen LogP contribution in [0.1, 0.15) is 12.8 Å². The molecule has 0 fully saturated rings. The standard InChI is InChI=1S/C6H14N4O4/c11-5(12)9-7-3-1-2-4-8-10-6(13)14/h7-10H,1-4H2,(H,11,12)(H,13,14). The maximum atomic E-state index is 9.95. The molecule has 0 aliphatic rings. The lowest BCUT2D eigenvalue weighted by atomic mass is 10.3. The molecule has 0 heterocycles. The molecular weight excluding hydrogens is 192 g/mol. The van der Waals surface area contributed by atoms with Crippen LogP contribution in [0.5, 0.6) is 0 Å². The van der Waals surface area contributed by atoms with Crippen LogP contribution in [-0.2, 0) is 0 Å². The Morgan fingerprint density at radius 1 is 0.857 bits per heavy atom. The molecule has 0 aliphatic heterocycles. The molecule has 0 aliphatic carbocycles. The van der Waals surface area contributed by atoms with Gasteiger partial charge in [-0.15, -0.1) is 0 Å². The van der Waals surface area contributed by atoms with E-state index in [9.17, 15) is 9.59 Å². The zero-order chi connectivity index (χ0) is 10.8. The maximum Gasteiger partial charge on any atom is 0.419 e. The van der Waals surface area contributed by atoms with E-state index in [0.717, 1.165) is 12.8 Å². The van der Waals surface area contributed by atoms with E-state index in [-0.39, 0.29) is 0 Å². The van der Waals surface area contributed by atoms with Crippen molar-refractivity contribution in [3.63, 3.8) is 0 Å². The Morgan fingerprint density at radius 3 is 1.50 bits per heavy atom. The number of hydrazine groups is 2. The molecular formula is C6H14N4O4. The monoisotopic (exact) mass is 206 g/mol. The second-order valence-electron chi connectivity index (χ2n) is 2.42. The van der Waals surface area contributed by atoms with E-state index in [1.54, 1.807) is 0 Å². The van der Waals surface area contributed by atoms with Crippen LogP contribution in [0.3, 0.4) is 0 Å². The minimum atomic E-state index is -1.13. The van der Waals surface area contributed by atoms with Gasteiger partial charge in [0.2, 0.25) is 0 Å². The van der Waals surface area contributed by atoms with Gasteiger partial charge < -0.3 is 10.2 Å². The highest BCUT2D eigenvalue weighted by molar-refractivity contribution is 5.63. The lowest BCUT2D eigenvalue weighted by Crippen LogP contribution is -2.38. The molecule has 6 N–H and O–H groups in total. The molecule has 8 heteroatoms. The highest BCUT2D eigenvalue weighted by atomic mass is 16.4. The number of hydrogen-bond acceptors (Lipinski definition) is 4. The molecule has 0 saturated carbocycles. The third-order valence-corrected chi connectivity index (χ3v) is 1.24. The normalized spacial score (nSPS) is 9.43. The molecule has 0 spiro atoms. The summed E-state index contributed by atoms with van der Waals surface area (Å²) in [6, 6.07) is 0. The molecule has 0 aromatic rings. The first-order chi connectivity index (χ1) is 6.63. The van der Waals surface area contributed by atoms with Crippen LogP contribution in [-0.4, -0.2) is 35.5 Å². The van der Waals surface area contributed by atoms with Crippen molar-refractivity contribution >= 4 is 12.2 Å². The van der Waals surface area contributed by atoms with Gasteiger partial charge in [0.05, 0.1) is 0 Å². The van der Waals surface area contributed by atoms with Gasteiger partial charge in [0, 0.05) is 13.1 Å². The van der Waals surface area contributed by atoms with Crippen molar-refractivity contribution in [2.75, 3.05) is 13.1 Å². The Bertz CT molecular complexity index is 167. The summed E-state index contributed by atoms with van der Waals surface area (Å²) < 4.78 is 0. The van der Waals surface area contributed by atoms with Crippen LogP contribution in [0.25, 0.3) is 0 Å². The summed E-state index contributed by atoms with van der Waals surface area (Å²) in [6.07, 6.45) is -0.797. The Hall–Kier alpha value is -1.54. The molecule has 0 aromatic carbocycles. The van der Waals surface area contributed by atoms with Crippen molar-refractivity contribution in [2.45, 2.75) is 12.8 Å². The smallest absolute Gasteiger partial charge is 0.419 e. The van der Waals surface area contributed by atoms with Crippen molar-refractivity contribution in [3.05, 3.63) is 0 Å². The van der Waals surface area contributed by atoms with Gasteiger partial charge in [-0.2, -0.15) is 0 Å².